The largest absolute Gasteiger partial charge is 0.0991 e. The monoisotopic (exact) mass is 216 g/mol. The first-order chi connectivity index (χ1) is 7.56. The molecule has 0 aliphatic rings. The molecule has 0 aromatic carbocycles. The van der Waals surface area contributed by atoms with Crippen molar-refractivity contribution in [3.63, 3.8) is 0 Å². The Morgan fingerprint density at radius 2 is 1.44 bits per heavy atom. The SMILES string of the molecule is C=C/C=C\C(=C)CC(=C)/C=C\C(=C)C.CC. The second kappa shape index (κ2) is 11.5. The molecule has 0 aliphatic heterocycles. The van der Waals surface area contributed by atoms with Gasteiger partial charge in [-0.3, -0.25) is 0 Å². The van der Waals surface area contributed by atoms with Gasteiger partial charge in [0.1, 0.15) is 0 Å². The van der Waals surface area contributed by atoms with Crippen LogP contribution in [0.5, 0.6) is 0 Å². The van der Waals surface area contributed by atoms with E-state index in [0.29, 0.717) is 0 Å². The van der Waals surface area contributed by atoms with Crippen LogP contribution in [-0.2, 0) is 0 Å². The van der Waals surface area contributed by atoms with Gasteiger partial charge in [0.05, 0.1) is 0 Å². The van der Waals surface area contributed by atoms with Gasteiger partial charge < -0.3 is 0 Å². The maximum Gasteiger partial charge on any atom is -0.00375 e. The molecule has 0 nitrogen and oxygen atoms in total. The normalized spacial score (nSPS) is 9.69. The molecule has 88 valence electrons. The summed E-state index contributed by atoms with van der Waals surface area (Å²) < 4.78 is 0. The second-order valence-corrected chi connectivity index (χ2v) is 3.27. The molecule has 0 aromatic heterocycles. The van der Waals surface area contributed by atoms with Crippen molar-refractivity contribution >= 4 is 0 Å². The molecule has 0 saturated carbocycles. The van der Waals surface area contributed by atoms with Crippen LogP contribution in [-0.4, -0.2) is 0 Å². The van der Waals surface area contributed by atoms with Gasteiger partial charge in [-0.25, -0.2) is 0 Å². The summed E-state index contributed by atoms with van der Waals surface area (Å²) in [5, 5.41) is 0. The second-order valence-electron chi connectivity index (χ2n) is 3.27. The van der Waals surface area contributed by atoms with Crippen molar-refractivity contribution in [2.24, 2.45) is 0 Å². The molecule has 0 aliphatic carbocycles. The van der Waals surface area contributed by atoms with E-state index in [4.69, 9.17) is 0 Å². The molecule has 16 heavy (non-hydrogen) atoms. The Labute approximate surface area is 101 Å². The predicted molar refractivity (Wildman–Crippen MR) is 77.5 cm³/mol. The maximum absolute atomic E-state index is 3.93. The van der Waals surface area contributed by atoms with Gasteiger partial charge in [0.2, 0.25) is 0 Å². The average molecular weight is 216 g/mol. The zero-order valence-electron chi connectivity index (χ0n) is 10.9. The van der Waals surface area contributed by atoms with Crippen LogP contribution in [0.25, 0.3) is 0 Å². The van der Waals surface area contributed by atoms with Crippen molar-refractivity contribution in [3.8, 4) is 0 Å². The molecule has 0 spiro atoms. The van der Waals surface area contributed by atoms with Crippen LogP contribution in [0.1, 0.15) is 27.2 Å². The van der Waals surface area contributed by atoms with Crippen LogP contribution in [0, 0.1) is 0 Å². The zero-order valence-corrected chi connectivity index (χ0v) is 10.9. The van der Waals surface area contributed by atoms with Gasteiger partial charge in [-0.15, -0.1) is 0 Å². The number of allylic oxidation sites excluding steroid dienone is 8. The minimum absolute atomic E-state index is 0.786. The lowest BCUT2D eigenvalue weighted by molar-refractivity contribution is 1.23. The van der Waals surface area contributed by atoms with Gasteiger partial charge in [0.15, 0.2) is 0 Å². The van der Waals surface area contributed by atoms with E-state index in [9.17, 15) is 0 Å². The molecule has 0 unspecified atom stereocenters. The lowest BCUT2D eigenvalue weighted by Crippen LogP contribution is -1.79. The molecule has 0 heterocycles. The lowest BCUT2D eigenvalue weighted by atomic mass is 10.1. The fourth-order valence-electron chi connectivity index (χ4n) is 0.874. The van der Waals surface area contributed by atoms with Crippen molar-refractivity contribution in [2.75, 3.05) is 0 Å². The summed E-state index contributed by atoms with van der Waals surface area (Å²) in [6.45, 7) is 21.2. The highest BCUT2D eigenvalue weighted by Crippen LogP contribution is 2.10. The van der Waals surface area contributed by atoms with E-state index in [1.165, 1.54) is 0 Å². The fourth-order valence-corrected chi connectivity index (χ4v) is 0.874. The van der Waals surface area contributed by atoms with Crippen molar-refractivity contribution in [1.82, 2.24) is 0 Å². The Kier molecular flexibility index (Phi) is 12.1. The van der Waals surface area contributed by atoms with Gasteiger partial charge in [-0.05, 0) is 13.3 Å². The van der Waals surface area contributed by atoms with Crippen LogP contribution in [0.4, 0.5) is 0 Å². The first kappa shape index (κ1) is 16.9. The summed E-state index contributed by atoms with van der Waals surface area (Å²) >= 11 is 0. The van der Waals surface area contributed by atoms with Crippen LogP contribution >= 0.6 is 0 Å². The van der Waals surface area contributed by atoms with E-state index in [0.717, 1.165) is 23.1 Å². The maximum atomic E-state index is 3.93. The van der Waals surface area contributed by atoms with Crippen molar-refractivity contribution in [2.45, 2.75) is 27.2 Å². The molecule has 0 amide bonds. The summed E-state index contributed by atoms with van der Waals surface area (Å²) in [5.41, 5.74) is 3.09. The highest BCUT2D eigenvalue weighted by molar-refractivity contribution is 5.30. The highest BCUT2D eigenvalue weighted by Gasteiger charge is 1.90. The molecule has 0 rings (SSSR count). The van der Waals surface area contributed by atoms with Crippen molar-refractivity contribution < 1.29 is 0 Å². The summed E-state index contributed by atoms with van der Waals surface area (Å²) in [6.07, 6.45) is 10.2. The minimum atomic E-state index is 0.786. The molecule has 0 heteroatoms. The Hall–Kier alpha value is -1.56. The van der Waals surface area contributed by atoms with Gasteiger partial charge in [-0.1, -0.05) is 87.3 Å². The fraction of sp³-hybridized carbons (Fsp3) is 0.250. The third-order valence-corrected chi connectivity index (χ3v) is 1.53. The summed E-state index contributed by atoms with van der Waals surface area (Å²) in [6, 6.07) is 0. The van der Waals surface area contributed by atoms with Crippen LogP contribution in [0.2, 0.25) is 0 Å². The molecule has 0 saturated heterocycles. The topological polar surface area (TPSA) is 0 Å². The van der Waals surface area contributed by atoms with E-state index in [2.05, 4.69) is 26.3 Å². The number of hydrogen-bond donors (Lipinski definition) is 0. The Bertz CT molecular complexity index is 298. The van der Waals surface area contributed by atoms with Gasteiger partial charge in [0.25, 0.3) is 0 Å². The summed E-state index contributed by atoms with van der Waals surface area (Å²) in [4.78, 5) is 0. The third-order valence-electron chi connectivity index (χ3n) is 1.53. The van der Waals surface area contributed by atoms with Crippen molar-refractivity contribution in [3.05, 3.63) is 73.4 Å². The predicted octanol–water partition coefficient (Wildman–Crippen LogP) is 5.39. The molecular formula is C16H24. The summed E-state index contributed by atoms with van der Waals surface area (Å²) in [7, 11) is 0. The zero-order chi connectivity index (χ0) is 13.0. The van der Waals surface area contributed by atoms with E-state index in [-0.39, 0.29) is 0 Å². The summed E-state index contributed by atoms with van der Waals surface area (Å²) in [5.74, 6) is 0. The Balaban J connectivity index is 0. The molecular weight excluding hydrogens is 192 g/mol. The van der Waals surface area contributed by atoms with Gasteiger partial charge in [-0.2, -0.15) is 0 Å². The average Bonchev–Trinajstić information content (AvgIpc) is 2.26. The lowest BCUT2D eigenvalue weighted by Gasteiger charge is -1.99. The molecule has 0 aromatic rings. The molecule has 0 bridgehead atoms. The molecule has 0 N–H and O–H groups in total. The first-order valence-electron chi connectivity index (χ1n) is 5.54. The minimum Gasteiger partial charge on any atom is -0.0991 e. The molecule has 0 fully saturated rings. The highest BCUT2D eigenvalue weighted by atomic mass is 14.0. The molecule has 0 atom stereocenters. The quantitative estimate of drug-likeness (QED) is 0.522. The standard InChI is InChI=1S/C14H18.C2H6/c1-6-7-8-13(4)11-14(5)10-9-12(2)3;1-2/h6-10H,1-2,4-5,11H2,3H3;1-2H3/b8-7-,10-9-;. The number of rotatable bonds is 6. The Morgan fingerprint density at radius 1 is 0.938 bits per heavy atom. The van der Waals surface area contributed by atoms with Gasteiger partial charge in [0, 0.05) is 0 Å². The van der Waals surface area contributed by atoms with Crippen molar-refractivity contribution in [1.29, 1.82) is 0 Å². The van der Waals surface area contributed by atoms with Crippen LogP contribution < -0.4 is 0 Å². The van der Waals surface area contributed by atoms with Crippen LogP contribution in [0.3, 0.4) is 0 Å². The van der Waals surface area contributed by atoms with Crippen LogP contribution in [0.15, 0.2) is 73.4 Å². The Morgan fingerprint density at radius 3 is 1.88 bits per heavy atom. The third kappa shape index (κ3) is 12.4. The van der Waals surface area contributed by atoms with E-state index < -0.39 is 0 Å². The smallest absolute Gasteiger partial charge is 0.00375 e. The number of hydrogen-bond acceptors (Lipinski definition) is 0. The molecule has 0 radical (unpaired) electrons. The van der Waals surface area contributed by atoms with Gasteiger partial charge >= 0.3 is 0 Å². The van der Waals surface area contributed by atoms with E-state index in [1.807, 2.05) is 45.1 Å². The first-order valence-corrected chi connectivity index (χ1v) is 5.54. The van der Waals surface area contributed by atoms with E-state index in [1.54, 1.807) is 6.08 Å². The van der Waals surface area contributed by atoms with E-state index >= 15 is 0 Å².